The highest BCUT2D eigenvalue weighted by molar-refractivity contribution is 5.73. The van der Waals surface area contributed by atoms with E-state index >= 15 is 0 Å². The molecule has 11 heavy (non-hydrogen) atoms. The molecule has 0 N–H and O–H groups in total. The zero-order chi connectivity index (χ0) is 8.85. The highest BCUT2D eigenvalue weighted by Crippen LogP contribution is 1.95. The summed E-state index contributed by atoms with van der Waals surface area (Å²) < 4.78 is 9.66. The van der Waals surface area contributed by atoms with Crippen molar-refractivity contribution in [3.05, 3.63) is 12.5 Å². The second kappa shape index (κ2) is 4.60. The highest BCUT2D eigenvalue weighted by Gasteiger charge is 2.00. The van der Waals surface area contributed by atoms with Crippen LogP contribution in [-0.4, -0.2) is 39.2 Å². The van der Waals surface area contributed by atoms with Gasteiger partial charge in [0.1, 0.15) is 0 Å². The van der Waals surface area contributed by atoms with Gasteiger partial charge in [0, 0.05) is 14.1 Å². The van der Waals surface area contributed by atoms with Crippen LogP contribution in [0.25, 0.3) is 0 Å². The van der Waals surface area contributed by atoms with Crippen LogP contribution in [0.3, 0.4) is 0 Å². The number of aliphatic imine (C=N–C) groups is 1. The average molecular weight is 158 g/mol. The number of hydrogen-bond donors (Lipinski definition) is 0. The summed E-state index contributed by atoms with van der Waals surface area (Å²) in [6.07, 6.45) is 0. The molecular formula is C7H14N2O2. The second-order valence-corrected chi connectivity index (χ2v) is 2.09. The Hall–Kier alpha value is -1.19. The van der Waals surface area contributed by atoms with E-state index in [1.165, 1.54) is 7.11 Å². The van der Waals surface area contributed by atoms with Gasteiger partial charge in [-0.3, -0.25) is 0 Å². The van der Waals surface area contributed by atoms with Crippen molar-refractivity contribution in [1.29, 1.82) is 0 Å². The molecule has 0 aromatic carbocycles. The van der Waals surface area contributed by atoms with Crippen molar-refractivity contribution in [3.8, 4) is 0 Å². The Balaban J connectivity index is 4.23. The molecular weight excluding hydrogens is 144 g/mol. The topological polar surface area (TPSA) is 34.1 Å². The molecule has 0 amide bonds. The molecule has 0 heterocycles. The van der Waals surface area contributed by atoms with Crippen LogP contribution in [0, 0.1) is 0 Å². The predicted octanol–water partition coefficient (Wildman–Crippen LogP) is 0.668. The van der Waals surface area contributed by atoms with Crippen LogP contribution in [0.4, 0.5) is 0 Å². The van der Waals surface area contributed by atoms with Gasteiger partial charge in [0.25, 0.3) is 6.02 Å². The van der Waals surface area contributed by atoms with Crippen molar-refractivity contribution >= 4 is 6.02 Å². The first kappa shape index (κ1) is 9.81. The third kappa shape index (κ3) is 3.50. The largest absolute Gasteiger partial charge is 0.481 e. The van der Waals surface area contributed by atoms with E-state index in [0.29, 0.717) is 11.9 Å². The summed E-state index contributed by atoms with van der Waals surface area (Å²) in [4.78, 5) is 5.64. The Labute approximate surface area is 67.1 Å². The average Bonchev–Trinajstić information content (AvgIpc) is 1.99. The Morgan fingerprint density at radius 1 is 1.27 bits per heavy atom. The van der Waals surface area contributed by atoms with Crippen LogP contribution in [0.2, 0.25) is 0 Å². The van der Waals surface area contributed by atoms with Crippen molar-refractivity contribution in [3.63, 3.8) is 0 Å². The lowest BCUT2D eigenvalue weighted by atomic mass is 10.8. The number of ether oxygens (including phenoxy) is 2. The smallest absolute Gasteiger partial charge is 0.294 e. The molecule has 64 valence electrons. The maximum atomic E-state index is 4.92. The second-order valence-electron chi connectivity index (χ2n) is 2.09. The molecule has 4 nitrogen and oxygen atoms in total. The van der Waals surface area contributed by atoms with Crippen LogP contribution in [0.1, 0.15) is 0 Å². The third-order valence-corrected chi connectivity index (χ3v) is 1.02. The predicted molar refractivity (Wildman–Crippen MR) is 44.3 cm³/mol. The summed E-state index contributed by atoms with van der Waals surface area (Å²) in [7, 11) is 6.70. The van der Waals surface area contributed by atoms with Crippen molar-refractivity contribution in [1.82, 2.24) is 4.90 Å². The maximum absolute atomic E-state index is 4.92. The quantitative estimate of drug-likeness (QED) is 0.336. The lowest BCUT2D eigenvalue weighted by molar-refractivity contribution is 0.276. The van der Waals surface area contributed by atoms with Gasteiger partial charge in [-0.1, -0.05) is 0 Å². The van der Waals surface area contributed by atoms with Crippen LogP contribution < -0.4 is 0 Å². The van der Waals surface area contributed by atoms with E-state index in [1.54, 1.807) is 12.0 Å². The fourth-order valence-corrected chi connectivity index (χ4v) is 0.481. The van der Waals surface area contributed by atoms with Gasteiger partial charge in [0.2, 0.25) is 5.88 Å². The number of nitrogens with zero attached hydrogens (tertiary/aromatic N) is 2. The molecule has 0 radical (unpaired) electrons. The molecule has 0 aliphatic rings. The Kier molecular flexibility index (Phi) is 4.10. The van der Waals surface area contributed by atoms with Gasteiger partial charge in [-0.2, -0.15) is 4.99 Å². The van der Waals surface area contributed by atoms with Gasteiger partial charge in [0.15, 0.2) is 0 Å². The molecule has 0 spiro atoms. The Morgan fingerprint density at radius 3 is 2.09 bits per heavy atom. The van der Waals surface area contributed by atoms with Gasteiger partial charge >= 0.3 is 0 Å². The molecule has 0 aliphatic heterocycles. The van der Waals surface area contributed by atoms with E-state index < -0.39 is 0 Å². The fraction of sp³-hybridized carbons (Fsp3) is 0.571. The molecule has 0 bridgehead atoms. The van der Waals surface area contributed by atoms with Gasteiger partial charge in [-0.15, -0.1) is 0 Å². The van der Waals surface area contributed by atoms with E-state index in [4.69, 9.17) is 9.47 Å². The number of methoxy groups -OCH3 is 2. The zero-order valence-corrected chi connectivity index (χ0v) is 7.42. The summed E-state index contributed by atoms with van der Waals surface area (Å²) in [6, 6.07) is 0.469. The molecule has 0 aliphatic carbocycles. The molecule has 0 fully saturated rings. The minimum atomic E-state index is 0.329. The van der Waals surface area contributed by atoms with Gasteiger partial charge in [0.05, 0.1) is 14.2 Å². The molecule has 0 rings (SSSR count). The van der Waals surface area contributed by atoms with Gasteiger partial charge in [-0.25, -0.2) is 0 Å². The van der Waals surface area contributed by atoms with Gasteiger partial charge in [-0.05, 0) is 6.58 Å². The number of hydrogen-bond acceptors (Lipinski definition) is 3. The molecule has 0 saturated heterocycles. The van der Waals surface area contributed by atoms with Gasteiger partial charge < -0.3 is 14.4 Å². The van der Waals surface area contributed by atoms with Crippen molar-refractivity contribution < 1.29 is 9.47 Å². The maximum Gasteiger partial charge on any atom is 0.294 e. The summed E-state index contributed by atoms with van der Waals surface area (Å²) in [5.74, 6) is 0.329. The molecule has 0 atom stereocenters. The Morgan fingerprint density at radius 2 is 1.82 bits per heavy atom. The normalized spacial score (nSPS) is 10.7. The standard InChI is InChI=1S/C7H14N2O2/c1-6(10-4)8-7(11-5)9(2)3/h1H2,2-5H3/b8-7+. The summed E-state index contributed by atoms with van der Waals surface area (Å²) in [5, 5.41) is 0. The van der Waals surface area contributed by atoms with E-state index in [9.17, 15) is 0 Å². The SMILES string of the molecule is C=C(/N=C(/OC)N(C)C)OC. The first-order valence-corrected chi connectivity index (χ1v) is 3.14. The van der Waals surface area contributed by atoms with Crippen LogP contribution in [-0.2, 0) is 9.47 Å². The number of rotatable bonds is 2. The molecule has 4 heteroatoms. The minimum absolute atomic E-state index is 0.329. The summed E-state index contributed by atoms with van der Waals surface area (Å²) in [5.41, 5.74) is 0. The first-order valence-electron chi connectivity index (χ1n) is 3.14. The zero-order valence-electron chi connectivity index (χ0n) is 7.42. The lowest BCUT2D eigenvalue weighted by Crippen LogP contribution is -2.23. The Bertz CT molecular complexity index is 164. The van der Waals surface area contributed by atoms with E-state index in [1.807, 2.05) is 14.1 Å². The third-order valence-electron chi connectivity index (χ3n) is 1.02. The molecule has 0 aromatic heterocycles. The molecule has 0 aromatic rings. The van der Waals surface area contributed by atoms with Crippen LogP contribution in [0.15, 0.2) is 17.5 Å². The highest BCUT2D eigenvalue weighted by atomic mass is 16.5. The van der Waals surface area contributed by atoms with Crippen LogP contribution in [0.5, 0.6) is 0 Å². The van der Waals surface area contributed by atoms with Crippen molar-refractivity contribution in [2.45, 2.75) is 0 Å². The van der Waals surface area contributed by atoms with E-state index in [0.717, 1.165) is 0 Å². The van der Waals surface area contributed by atoms with Crippen LogP contribution >= 0.6 is 0 Å². The fourth-order valence-electron chi connectivity index (χ4n) is 0.481. The lowest BCUT2D eigenvalue weighted by Gasteiger charge is -2.13. The summed E-state index contributed by atoms with van der Waals surface area (Å²) in [6.45, 7) is 3.53. The van der Waals surface area contributed by atoms with Crippen molar-refractivity contribution in [2.24, 2.45) is 4.99 Å². The first-order chi connectivity index (χ1) is 5.11. The monoisotopic (exact) mass is 158 g/mol. The minimum Gasteiger partial charge on any atom is -0.481 e. The molecule has 0 saturated carbocycles. The number of amidine groups is 1. The summed E-state index contributed by atoms with van der Waals surface area (Å²) >= 11 is 0. The van der Waals surface area contributed by atoms with Crippen molar-refractivity contribution in [2.75, 3.05) is 28.3 Å². The van der Waals surface area contributed by atoms with E-state index in [-0.39, 0.29) is 0 Å². The van der Waals surface area contributed by atoms with E-state index in [2.05, 4.69) is 11.6 Å². The molecule has 0 unspecified atom stereocenters.